The van der Waals surface area contributed by atoms with E-state index >= 15 is 0 Å². The van der Waals surface area contributed by atoms with E-state index in [4.69, 9.17) is 0 Å². The number of carbonyl (C=O) groups is 1. The van der Waals surface area contributed by atoms with Crippen molar-refractivity contribution in [3.63, 3.8) is 0 Å². The van der Waals surface area contributed by atoms with Gasteiger partial charge in [-0.3, -0.25) is 0 Å². The summed E-state index contributed by atoms with van der Waals surface area (Å²) in [6.45, 7) is 8.74. The van der Waals surface area contributed by atoms with E-state index in [1.807, 2.05) is 6.07 Å². The fraction of sp³-hybridized carbons (Fsp3) is 0.476. The Morgan fingerprint density at radius 1 is 1.30 bits per heavy atom. The molecule has 1 aromatic rings. The quantitative estimate of drug-likeness (QED) is 0.519. The van der Waals surface area contributed by atoms with Crippen LogP contribution in [0, 0.1) is 11.8 Å². The molecule has 124 valence electrons. The van der Waals surface area contributed by atoms with Crippen molar-refractivity contribution in [2.45, 2.75) is 51.8 Å². The third-order valence-electron chi connectivity index (χ3n) is 4.33. The van der Waals surface area contributed by atoms with E-state index in [1.54, 1.807) is 0 Å². The predicted octanol–water partition coefficient (Wildman–Crippen LogP) is 4.72. The van der Waals surface area contributed by atoms with Crippen LogP contribution >= 0.6 is 0 Å². The number of hydrogen-bond donors (Lipinski definition) is 0. The second-order valence-electron chi connectivity index (χ2n) is 6.88. The van der Waals surface area contributed by atoms with Gasteiger partial charge in [-0.15, -0.1) is 0 Å². The number of Topliss-reactive ketones (excluding diaryl/α,β-unsaturated/α-hetero) is 1. The van der Waals surface area contributed by atoms with Crippen LogP contribution in [0.3, 0.4) is 0 Å². The SMILES string of the molecule is CC(C)=CCC[C@@H](C)C1=CC(C)CC([Se]c2ccccc2)C1=O. The van der Waals surface area contributed by atoms with Crippen molar-refractivity contribution in [2.24, 2.45) is 11.8 Å². The Bertz CT molecular complexity index is 581. The van der Waals surface area contributed by atoms with E-state index in [2.05, 4.69) is 64.1 Å². The van der Waals surface area contributed by atoms with Crippen LogP contribution in [-0.2, 0) is 4.79 Å². The van der Waals surface area contributed by atoms with E-state index < -0.39 is 0 Å². The zero-order valence-electron chi connectivity index (χ0n) is 14.7. The van der Waals surface area contributed by atoms with Gasteiger partial charge in [0.2, 0.25) is 0 Å². The summed E-state index contributed by atoms with van der Waals surface area (Å²) in [7, 11) is 0. The first kappa shape index (κ1) is 18.2. The molecule has 0 heterocycles. The van der Waals surface area contributed by atoms with E-state index in [0.29, 0.717) is 17.6 Å². The summed E-state index contributed by atoms with van der Waals surface area (Å²) in [5.41, 5.74) is 2.45. The van der Waals surface area contributed by atoms with Gasteiger partial charge in [0.05, 0.1) is 0 Å². The van der Waals surface area contributed by atoms with Crippen molar-refractivity contribution in [2.75, 3.05) is 0 Å². The minimum atomic E-state index is 0.214. The fourth-order valence-electron chi connectivity index (χ4n) is 3.04. The fourth-order valence-corrected chi connectivity index (χ4v) is 5.73. The third-order valence-corrected chi connectivity index (χ3v) is 6.92. The number of hydrogen-bond acceptors (Lipinski definition) is 1. The summed E-state index contributed by atoms with van der Waals surface area (Å²) in [6.07, 6.45) is 7.67. The third kappa shape index (κ3) is 5.48. The molecule has 0 bridgehead atoms. The van der Waals surface area contributed by atoms with Gasteiger partial charge in [0.25, 0.3) is 0 Å². The molecule has 0 saturated carbocycles. The maximum atomic E-state index is 12.9. The van der Waals surface area contributed by atoms with Gasteiger partial charge >= 0.3 is 147 Å². The van der Waals surface area contributed by atoms with Crippen molar-refractivity contribution in [1.82, 2.24) is 0 Å². The van der Waals surface area contributed by atoms with E-state index in [-0.39, 0.29) is 19.8 Å². The molecule has 3 atom stereocenters. The van der Waals surface area contributed by atoms with Crippen LogP contribution < -0.4 is 4.46 Å². The van der Waals surface area contributed by atoms with E-state index in [1.165, 1.54) is 10.0 Å². The van der Waals surface area contributed by atoms with E-state index in [0.717, 1.165) is 24.8 Å². The number of carbonyl (C=O) groups excluding carboxylic acids is 1. The van der Waals surface area contributed by atoms with Gasteiger partial charge in [-0.2, -0.15) is 0 Å². The standard InChI is InChI=1S/C21H28OSe/c1-15(2)9-8-10-17(4)19-13-16(3)14-20(21(19)22)23-18-11-6-5-7-12-18/h5-7,9,11-13,16-17,20H,8,10,14H2,1-4H3/t16?,17-,20?/m1/s1. The summed E-state index contributed by atoms with van der Waals surface area (Å²) >= 11 is 0.242. The van der Waals surface area contributed by atoms with Gasteiger partial charge in [0.1, 0.15) is 0 Å². The van der Waals surface area contributed by atoms with Crippen molar-refractivity contribution >= 4 is 25.2 Å². The molecule has 0 saturated heterocycles. The summed E-state index contributed by atoms with van der Waals surface area (Å²) in [5.74, 6) is 1.30. The number of rotatable bonds is 6. The summed E-state index contributed by atoms with van der Waals surface area (Å²) in [4.78, 5) is 13.2. The van der Waals surface area contributed by atoms with Gasteiger partial charge in [0.15, 0.2) is 0 Å². The van der Waals surface area contributed by atoms with Gasteiger partial charge in [-0.25, -0.2) is 0 Å². The molecule has 1 aliphatic rings. The minimum absolute atomic E-state index is 0.214. The van der Waals surface area contributed by atoms with Crippen LogP contribution in [0.1, 0.15) is 47.0 Å². The molecule has 2 heteroatoms. The molecule has 0 aliphatic heterocycles. The number of allylic oxidation sites excluding steroid dienone is 4. The Morgan fingerprint density at radius 2 is 2.00 bits per heavy atom. The zero-order valence-corrected chi connectivity index (χ0v) is 16.4. The Hall–Kier alpha value is -1.11. The molecule has 0 spiro atoms. The molecule has 0 aromatic heterocycles. The Balaban J connectivity index is 2.05. The second-order valence-corrected chi connectivity index (χ2v) is 9.56. The molecule has 1 aliphatic carbocycles. The molecular formula is C21H28OSe. The van der Waals surface area contributed by atoms with Crippen molar-refractivity contribution < 1.29 is 4.79 Å². The van der Waals surface area contributed by atoms with Gasteiger partial charge in [0, 0.05) is 0 Å². The molecular weight excluding hydrogens is 347 g/mol. The van der Waals surface area contributed by atoms with Crippen LogP contribution in [0.5, 0.6) is 0 Å². The van der Waals surface area contributed by atoms with Crippen LogP contribution in [0.4, 0.5) is 0 Å². The first-order valence-corrected chi connectivity index (χ1v) is 10.4. The first-order valence-electron chi connectivity index (χ1n) is 8.58. The molecule has 0 fully saturated rings. The average molecular weight is 375 g/mol. The Labute approximate surface area is 147 Å². The Kier molecular flexibility index (Phi) is 6.87. The molecule has 1 aromatic carbocycles. The Morgan fingerprint density at radius 3 is 2.65 bits per heavy atom. The molecule has 0 radical (unpaired) electrons. The van der Waals surface area contributed by atoms with Crippen LogP contribution in [0.15, 0.2) is 53.6 Å². The van der Waals surface area contributed by atoms with Crippen molar-refractivity contribution in [3.8, 4) is 0 Å². The zero-order chi connectivity index (χ0) is 16.8. The predicted molar refractivity (Wildman–Crippen MR) is 100 cm³/mol. The topological polar surface area (TPSA) is 17.1 Å². The van der Waals surface area contributed by atoms with Crippen LogP contribution in [0.2, 0.25) is 4.82 Å². The first-order chi connectivity index (χ1) is 11.0. The summed E-state index contributed by atoms with van der Waals surface area (Å²) in [6, 6.07) is 10.5. The summed E-state index contributed by atoms with van der Waals surface area (Å²) < 4.78 is 1.34. The number of ketones is 1. The molecule has 2 unspecified atom stereocenters. The summed E-state index contributed by atoms with van der Waals surface area (Å²) in [5, 5.41) is 0. The molecule has 0 amide bonds. The van der Waals surface area contributed by atoms with Crippen LogP contribution in [0.25, 0.3) is 0 Å². The molecule has 1 nitrogen and oxygen atoms in total. The van der Waals surface area contributed by atoms with Gasteiger partial charge in [-0.05, 0) is 0 Å². The molecule has 0 N–H and O–H groups in total. The van der Waals surface area contributed by atoms with Crippen LogP contribution in [-0.4, -0.2) is 20.7 Å². The normalized spacial score (nSPS) is 22.4. The molecule has 2 rings (SSSR count). The van der Waals surface area contributed by atoms with Gasteiger partial charge in [-0.1, -0.05) is 0 Å². The maximum absolute atomic E-state index is 12.9. The number of benzene rings is 1. The van der Waals surface area contributed by atoms with Gasteiger partial charge < -0.3 is 0 Å². The van der Waals surface area contributed by atoms with E-state index in [9.17, 15) is 4.79 Å². The van der Waals surface area contributed by atoms with Crippen molar-refractivity contribution in [1.29, 1.82) is 0 Å². The average Bonchev–Trinajstić information content (AvgIpc) is 2.51. The molecule has 23 heavy (non-hydrogen) atoms. The van der Waals surface area contributed by atoms with Crippen molar-refractivity contribution in [3.05, 3.63) is 53.6 Å². The second kappa shape index (κ2) is 8.66. The monoisotopic (exact) mass is 376 g/mol.